The van der Waals surface area contributed by atoms with Gasteiger partial charge < -0.3 is 9.47 Å². The Bertz CT molecular complexity index is 270. The molecule has 2 nitrogen and oxygen atoms in total. The summed E-state index contributed by atoms with van der Waals surface area (Å²) in [6, 6.07) is 5.93. The standard InChI is InChI=1S/C11H16O2.2C2H6/c1-4-12-10-8-6-7-9(3)11(10)13-5-2;2*1-2/h6-8H,4-5H2,1-3H3;2*1-2H3. The third kappa shape index (κ3) is 6.88. The predicted molar refractivity (Wildman–Crippen MR) is 76.2 cm³/mol. The number of benzene rings is 1. The Morgan fingerprint density at radius 2 is 1.41 bits per heavy atom. The monoisotopic (exact) mass is 240 g/mol. The number of para-hydroxylation sites is 1. The Hall–Kier alpha value is -1.18. The molecule has 0 amide bonds. The first-order chi connectivity index (χ1) is 8.29. The zero-order valence-corrected chi connectivity index (χ0v) is 12.5. The topological polar surface area (TPSA) is 18.5 Å². The maximum Gasteiger partial charge on any atom is 0.164 e. The summed E-state index contributed by atoms with van der Waals surface area (Å²) >= 11 is 0. The van der Waals surface area contributed by atoms with Crippen LogP contribution in [-0.4, -0.2) is 13.2 Å². The van der Waals surface area contributed by atoms with E-state index in [-0.39, 0.29) is 0 Å². The molecule has 0 heterocycles. The second-order valence-corrected chi connectivity index (χ2v) is 2.77. The molecule has 0 atom stereocenters. The van der Waals surface area contributed by atoms with Crippen LogP contribution in [0.5, 0.6) is 11.5 Å². The van der Waals surface area contributed by atoms with Crippen molar-refractivity contribution >= 4 is 0 Å². The lowest BCUT2D eigenvalue weighted by molar-refractivity contribution is 0.286. The summed E-state index contributed by atoms with van der Waals surface area (Å²) in [5, 5.41) is 0. The molecule has 0 spiro atoms. The molecule has 100 valence electrons. The van der Waals surface area contributed by atoms with E-state index in [1.165, 1.54) is 0 Å². The van der Waals surface area contributed by atoms with Crippen LogP contribution in [0.15, 0.2) is 18.2 Å². The van der Waals surface area contributed by atoms with E-state index in [0.717, 1.165) is 17.1 Å². The summed E-state index contributed by atoms with van der Waals surface area (Å²) in [7, 11) is 0. The molecule has 1 aromatic carbocycles. The SMILES string of the molecule is CC.CC.CCOc1cccc(C)c1OCC. The van der Waals surface area contributed by atoms with Crippen molar-refractivity contribution in [3.05, 3.63) is 23.8 Å². The minimum Gasteiger partial charge on any atom is -0.490 e. The van der Waals surface area contributed by atoms with Gasteiger partial charge in [-0.3, -0.25) is 0 Å². The molecule has 1 rings (SSSR count). The maximum absolute atomic E-state index is 5.50. The highest BCUT2D eigenvalue weighted by Crippen LogP contribution is 2.30. The second kappa shape index (κ2) is 12.9. The van der Waals surface area contributed by atoms with Crippen molar-refractivity contribution < 1.29 is 9.47 Å². The van der Waals surface area contributed by atoms with Gasteiger partial charge in [-0.1, -0.05) is 39.8 Å². The summed E-state index contributed by atoms with van der Waals surface area (Å²) in [5.41, 5.74) is 1.12. The number of aryl methyl sites for hydroxylation is 1. The van der Waals surface area contributed by atoms with Gasteiger partial charge >= 0.3 is 0 Å². The molecule has 0 N–H and O–H groups in total. The predicted octanol–water partition coefficient (Wildman–Crippen LogP) is 4.84. The van der Waals surface area contributed by atoms with Gasteiger partial charge in [0, 0.05) is 0 Å². The van der Waals surface area contributed by atoms with Crippen LogP contribution < -0.4 is 9.47 Å². The highest BCUT2D eigenvalue weighted by atomic mass is 16.5. The van der Waals surface area contributed by atoms with Crippen molar-refractivity contribution in [1.82, 2.24) is 0 Å². The summed E-state index contributed by atoms with van der Waals surface area (Å²) in [5.74, 6) is 1.70. The van der Waals surface area contributed by atoms with Crippen LogP contribution in [0.25, 0.3) is 0 Å². The second-order valence-electron chi connectivity index (χ2n) is 2.77. The molecule has 0 aromatic heterocycles. The summed E-state index contributed by atoms with van der Waals surface area (Å²) in [6.07, 6.45) is 0. The Morgan fingerprint density at radius 3 is 1.88 bits per heavy atom. The molecule has 0 saturated heterocycles. The molecule has 0 aliphatic rings. The zero-order valence-electron chi connectivity index (χ0n) is 12.5. The normalized spacial score (nSPS) is 8.18. The van der Waals surface area contributed by atoms with Gasteiger partial charge in [0.1, 0.15) is 0 Å². The lowest BCUT2D eigenvalue weighted by Crippen LogP contribution is -1.99. The molecular formula is C15H28O2. The van der Waals surface area contributed by atoms with Crippen molar-refractivity contribution in [2.24, 2.45) is 0 Å². The van der Waals surface area contributed by atoms with Crippen molar-refractivity contribution in [2.75, 3.05) is 13.2 Å². The molecular weight excluding hydrogens is 212 g/mol. The van der Waals surface area contributed by atoms with Gasteiger partial charge in [-0.05, 0) is 32.4 Å². The highest BCUT2D eigenvalue weighted by molar-refractivity contribution is 5.45. The van der Waals surface area contributed by atoms with Crippen LogP contribution in [0.1, 0.15) is 47.1 Å². The molecule has 0 fully saturated rings. The molecule has 1 aromatic rings. The van der Waals surface area contributed by atoms with E-state index in [1.807, 2.05) is 66.7 Å². The Labute approximate surface area is 107 Å². The summed E-state index contributed by atoms with van der Waals surface area (Å²) in [6.45, 7) is 15.3. The third-order valence-electron chi connectivity index (χ3n) is 1.76. The average Bonchev–Trinajstić information content (AvgIpc) is 2.39. The Balaban J connectivity index is 0. The van der Waals surface area contributed by atoms with Crippen LogP contribution in [0.2, 0.25) is 0 Å². The van der Waals surface area contributed by atoms with E-state index in [1.54, 1.807) is 0 Å². The number of ether oxygens (including phenoxy) is 2. The minimum absolute atomic E-state index is 0.670. The highest BCUT2D eigenvalue weighted by Gasteiger charge is 2.05. The van der Waals surface area contributed by atoms with Crippen molar-refractivity contribution in [3.8, 4) is 11.5 Å². The Morgan fingerprint density at radius 1 is 0.882 bits per heavy atom. The molecule has 0 aliphatic heterocycles. The van der Waals surface area contributed by atoms with Gasteiger partial charge in [-0.2, -0.15) is 0 Å². The van der Waals surface area contributed by atoms with Crippen molar-refractivity contribution in [3.63, 3.8) is 0 Å². The van der Waals surface area contributed by atoms with E-state index < -0.39 is 0 Å². The summed E-state index contributed by atoms with van der Waals surface area (Å²) < 4.78 is 10.9. The average molecular weight is 240 g/mol. The van der Waals surface area contributed by atoms with E-state index in [2.05, 4.69) is 0 Å². The third-order valence-corrected chi connectivity index (χ3v) is 1.76. The minimum atomic E-state index is 0.670. The van der Waals surface area contributed by atoms with Crippen molar-refractivity contribution in [2.45, 2.75) is 48.5 Å². The zero-order chi connectivity index (χ0) is 13.7. The Kier molecular flexibility index (Phi) is 13.8. The largest absolute Gasteiger partial charge is 0.490 e. The molecule has 0 aliphatic carbocycles. The first kappa shape index (κ1) is 18.2. The first-order valence-corrected chi connectivity index (χ1v) is 6.64. The van der Waals surface area contributed by atoms with Crippen LogP contribution in [0, 0.1) is 6.92 Å². The lowest BCUT2D eigenvalue weighted by atomic mass is 10.2. The van der Waals surface area contributed by atoms with Gasteiger partial charge in [0.25, 0.3) is 0 Å². The first-order valence-electron chi connectivity index (χ1n) is 6.64. The van der Waals surface area contributed by atoms with E-state index >= 15 is 0 Å². The van der Waals surface area contributed by atoms with Gasteiger partial charge in [-0.25, -0.2) is 0 Å². The number of hydrogen-bond donors (Lipinski definition) is 0. The fourth-order valence-corrected chi connectivity index (χ4v) is 1.22. The number of hydrogen-bond acceptors (Lipinski definition) is 2. The fourth-order valence-electron chi connectivity index (χ4n) is 1.22. The van der Waals surface area contributed by atoms with Crippen LogP contribution in [-0.2, 0) is 0 Å². The molecule has 0 saturated carbocycles. The van der Waals surface area contributed by atoms with Gasteiger partial charge in [0.05, 0.1) is 13.2 Å². The summed E-state index contributed by atoms with van der Waals surface area (Å²) in [4.78, 5) is 0. The van der Waals surface area contributed by atoms with Gasteiger partial charge in [-0.15, -0.1) is 0 Å². The van der Waals surface area contributed by atoms with E-state index in [9.17, 15) is 0 Å². The fraction of sp³-hybridized carbons (Fsp3) is 0.600. The maximum atomic E-state index is 5.50. The van der Waals surface area contributed by atoms with Crippen molar-refractivity contribution in [1.29, 1.82) is 0 Å². The van der Waals surface area contributed by atoms with Crippen LogP contribution in [0.4, 0.5) is 0 Å². The van der Waals surface area contributed by atoms with Gasteiger partial charge in [0.15, 0.2) is 11.5 Å². The molecule has 0 unspecified atom stereocenters. The lowest BCUT2D eigenvalue weighted by Gasteiger charge is -2.12. The quantitative estimate of drug-likeness (QED) is 0.749. The van der Waals surface area contributed by atoms with E-state index in [0.29, 0.717) is 13.2 Å². The molecule has 2 heteroatoms. The van der Waals surface area contributed by atoms with Crippen LogP contribution in [0.3, 0.4) is 0 Å². The number of rotatable bonds is 4. The van der Waals surface area contributed by atoms with E-state index in [4.69, 9.17) is 9.47 Å². The smallest absolute Gasteiger partial charge is 0.164 e. The molecule has 17 heavy (non-hydrogen) atoms. The van der Waals surface area contributed by atoms with Gasteiger partial charge in [0.2, 0.25) is 0 Å². The molecule has 0 bridgehead atoms. The molecule has 0 radical (unpaired) electrons. The van der Waals surface area contributed by atoms with Crippen LogP contribution >= 0.6 is 0 Å².